The number of hydrogen-bond donors (Lipinski definition) is 1. The molecule has 108 valence electrons. The monoisotopic (exact) mass is 347 g/mol. The van der Waals surface area contributed by atoms with Gasteiger partial charge in [0.05, 0.1) is 7.11 Å². The van der Waals surface area contributed by atoms with Crippen molar-refractivity contribution in [1.82, 2.24) is 5.32 Å². The van der Waals surface area contributed by atoms with Crippen molar-refractivity contribution in [2.45, 2.75) is 38.6 Å². The molecule has 2 nitrogen and oxygen atoms in total. The van der Waals surface area contributed by atoms with E-state index in [1.165, 1.54) is 5.56 Å². The van der Waals surface area contributed by atoms with E-state index in [2.05, 4.69) is 35.1 Å². The fourth-order valence-corrected chi connectivity index (χ4v) is 2.98. The van der Waals surface area contributed by atoms with Crippen LogP contribution in [0.4, 0.5) is 0 Å². The van der Waals surface area contributed by atoms with Gasteiger partial charge in [0.2, 0.25) is 0 Å². The van der Waals surface area contributed by atoms with Crippen LogP contribution in [-0.4, -0.2) is 19.0 Å². The molecule has 0 aliphatic rings. The maximum absolute atomic E-state index is 6.41. The Balaban J connectivity index is 2.48. The zero-order valence-electron chi connectivity index (χ0n) is 11.9. The lowest BCUT2D eigenvalue weighted by Gasteiger charge is -2.19. The second kappa shape index (κ2) is 8.83. The minimum atomic E-state index is 0.194. The van der Waals surface area contributed by atoms with Gasteiger partial charge in [-0.1, -0.05) is 42.6 Å². The van der Waals surface area contributed by atoms with Crippen molar-refractivity contribution in [3.05, 3.63) is 28.2 Å². The zero-order valence-corrected chi connectivity index (χ0v) is 14.2. The van der Waals surface area contributed by atoms with Gasteiger partial charge >= 0.3 is 0 Å². The summed E-state index contributed by atoms with van der Waals surface area (Å²) in [7, 11) is 1.68. The smallest absolute Gasteiger partial charge is 0.119 e. The molecule has 1 aromatic carbocycles. The fraction of sp³-hybridized carbons (Fsp3) is 0.600. The summed E-state index contributed by atoms with van der Waals surface area (Å²) in [6.45, 7) is 6.02. The summed E-state index contributed by atoms with van der Waals surface area (Å²) >= 11 is 9.97. The van der Waals surface area contributed by atoms with Gasteiger partial charge < -0.3 is 10.1 Å². The quantitative estimate of drug-likeness (QED) is 0.694. The Labute approximate surface area is 130 Å². The highest BCUT2D eigenvalue weighted by Crippen LogP contribution is 2.23. The van der Waals surface area contributed by atoms with Gasteiger partial charge in [0, 0.05) is 22.9 Å². The largest absolute Gasteiger partial charge is 0.497 e. The lowest BCUT2D eigenvalue weighted by Crippen LogP contribution is -2.28. The van der Waals surface area contributed by atoms with Gasteiger partial charge in [0.1, 0.15) is 5.75 Å². The van der Waals surface area contributed by atoms with Crippen LogP contribution >= 0.6 is 27.5 Å². The van der Waals surface area contributed by atoms with Gasteiger partial charge in [-0.25, -0.2) is 0 Å². The normalized spacial score (nSPS) is 12.7. The predicted molar refractivity (Wildman–Crippen MR) is 86.1 cm³/mol. The first-order valence-electron chi connectivity index (χ1n) is 6.79. The summed E-state index contributed by atoms with van der Waals surface area (Å²) in [5, 5.41) is 3.62. The molecule has 0 aromatic heterocycles. The van der Waals surface area contributed by atoms with E-state index in [4.69, 9.17) is 16.3 Å². The molecule has 0 saturated carbocycles. The average Bonchev–Trinajstić information content (AvgIpc) is 2.42. The van der Waals surface area contributed by atoms with Crippen LogP contribution in [0.5, 0.6) is 5.75 Å². The third-order valence-electron chi connectivity index (χ3n) is 3.47. The van der Waals surface area contributed by atoms with Crippen LogP contribution in [-0.2, 0) is 6.54 Å². The van der Waals surface area contributed by atoms with Crippen LogP contribution in [0.3, 0.4) is 0 Å². The first kappa shape index (κ1) is 16.8. The Hall–Kier alpha value is -0.250. The lowest BCUT2D eigenvalue weighted by atomic mass is 9.99. The minimum absolute atomic E-state index is 0.194. The molecule has 1 unspecified atom stereocenters. The van der Waals surface area contributed by atoms with E-state index >= 15 is 0 Å². The molecule has 0 aliphatic heterocycles. The van der Waals surface area contributed by atoms with E-state index in [1.807, 2.05) is 18.2 Å². The Morgan fingerprint density at radius 3 is 2.58 bits per heavy atom. The number of methoxy groups -OCH3 is 1. The number of benzene rings is 1. The Morgan fingerprint density at radius 2 is 2.00 bits per heavy atom. The van der Waals surface area contributed by atoms with Crippen LogP contribution in [0.1, 0.15) is 32.3 Å². The van der Waals surface area contributed by atoms with Gasteiger partial charge in [0.25, 0.3) is 0 Å². The number of halogens is 2. The second-order valence-electron chi connectivity index (χ2n) is 4.68. The summed E-state index contributed by atoms with van der Waals surface area (Å²) in [4.78, 5) is 0. The van der Waals surface area contributed by atoms with Crippen molar-refractivity contribution in [1.29, 1.82) is 0 Å². The standard InChI is InChI=1S/C15H23BrClNO/c1-4-11(5-2)15(17)10-18-9-12-8-13(19-3)6-7-14(12)16/h6-8,11,15,18H,4-5,9-10H2,1-3H3. The molecule has 0 radical (unpaired) electrons. The molecule has 19 heavy (non-hydrogen) atoms. The van der Waals surface area contributed by atoms with E-state index in [0.29, 0.717) is 5.92 Å². The maximum Gasteiger partial charge on any atom is 0.119 e. The van der Waals surface area contributed by atoms with Crippen molar-refractivity contribution in [2.75, 3.05) is 13.7 Å². The average molecular weight is 349 g/mol. The number of nitrogens with one attached hydrogen (secondary N) is 1. The van der Waals surface area contributed by atoms with Crippen LogP contribution in [0.25, 0.3) is 0 Å². The minimum Gasteiger partial charge on any atom is -0.497 e. The molecule has 1 N–H and O–H groups in total. The number of ether oxygens (including phenoxy) is 1. The Bertz CT molecular complexity index is 382. The molecule has 0 fully saturated rings. The maximum atomic E-state index is 6.41. The summed E-state index contributed by atoms with van der Waals surface area (Å²) in [6.07, 6.45) is 2.27. The van der Waals surface area contributed by atoms with Crippen molar-refractivity contribution in [3.8, 4) is 5.75 Å². The number of rotatable bonds is 8. The topological polar surface area (TPSA) is 21.3 Å². The van der Waals surface area contributed by atoms with Crippen molar-refractivity contribution >= 4 is 27.5 Å². The summed E-state index contributed by atoms with van der Waals surface area (Å²) < 4.78 is 6.33. The van der Waals surface area contributed by atoms with Crippen molar-refractivity contribution < 1.29 is 4.74 Å². The highest BCUT2D eigenvalue weighted by atomic mass is 79.9. The van der Waals surface area contributed by atoms with Gasteiger partial charge in [-0.3, -0.25) is 0 Å². The van der Waals surface area contributed by atoms with E-state index in [9.17, 15) is 0 Å². The molecule has 1 rings (SSSR count). The van der Waals surface area contributed by atoms with Crippen LogP contribution in [0.15, 0.2) is 22.7 Å². The first-order chi connectivity index (χ1) is 9.12. The SMILES string of the molecule is CCC(CC)C(Cl)CNCc1cc(OC)ccc1Br. The zero-order chi connectivity index (χ0) is 14.3. The molecule has 0 aliphatic carbocycles. The fourth-order valence-electron chi connectivity index (χ4n) is 2.13. The lowest BCUT2D eigenvalue weighted by molar-refractivity contribution is 0.413. The predicted octanol–water partition coefficient (Wildman–Crippen LogP) is 4.59. The molecule has 0 amide bonds. The van der Waals surface area contributed by atoms with Crippen LogP contribution in [0.2, 0.25) is 0 Å². The van der Waals surface area contributed by atoms with Gasteiger partial charge in [-0.05, 0) is 29.7 Å². The van der Waals surface area contributed by atoms with E-state index in [1.54, 1.807) is 7.11 Å². The van der Waals surface area contributed by atoms with E-state index in [0.717, 1.165) is 36.2 Å². The van der Waals surface area contributed by atoms with Crippen molar-refractivity contribution in [3.63, 3.8) is 0 Å². The summed E-state index contributed by atoms with van der Waals surface area (Å²) in [5.74, 6) is 1.46. The Kier molecular flexibility index (Phi) is 7.81. The number of hydrogen-bond acceptors (Lipinski definition) is 2. The summed E-state index contributed by atoms with van der Waals surface area (Å²) in [5.41, 5.74) is 1.19. The molecule has 0 heterocycles. The highest BCUT2D eigenvalue weighted by Gasteiger charge is 2.15. The molecule has 1 atom stereocenters. The third kappa shape index (κ3) is 5.33. The molecule has 1 aromatic rings. The van der Waals surface area contributed by atoms with E-state index < -0.39 is 0 Å². The first-order valence-corrected chi connectivity index (χ1v) is 8.02. The van der Waals surface area contributed by atoms with Gasteiger partial charge in [-0.15, -0.1) is 11.6 Å². The Morgan fingerprint density at radius 1 is 1.32 bits per heavy atom. The van der Waals surface area contributed by atoms with Crippen LogP contribution < -0.4 is 10.1 Å². The third-order valence-corrected chi connectivity index (χ3v) is 4.75. The van der Waals surface area contributed by atoms with Crippen LogP contribution in [0, 0.1) is 5.92 Å². The van der Waals surface area contributed by atoms with Gasteiger partial charge in [0.15, 0.2) is 0 Å². The van der Waals surface area contributed by atoms with E-state index in [-0.39, 0.29) is 5.38 Å². The number of alkyl halides is 1. The molecule has 0 saturated heterocycles. The molecule has 0 spiro atoms. The highest BCUT2D eigenvalue weighted by molar-refractivity contribution is 9.10. The molecular formula is C15H23BrClNO. The molecular weight excluding hydrogens is 326 g/mol. The molecule has 0 bridgehead atoms. The summed E-state index contributed by atoms with van der Waals surface area (Å²) in [6, 6.07) is 5.99. The van der Waals surface area contributed by atoms with Crippen molar-refractivity contribution in [2.24, 2.45) is 5.92 Å². The van der Waals surface area contributed by atoms with Gasteiger partial charge in [-0.2, -0.15) is 0 Å². The molecule has 4 heteroatoms. The second-order valence-corrected chi connectivity index (χ2v) is 6.10.